The molecule has 4 rings (SSSR count). The molecular weight excluding hydrogens is 342 g/mol. The Labute approximate surface area is 155 Å². The summed E-state index contributed by atoms with van der Waals surface area (Å²) in [6, 6.07) is 23.2. The number of imidazole rings is 1. The van der Waals surface area contributed by atoms with Gasteiger partial charge in [0.15, 0.2) is 0 Å². The van der Waals surface area contributed by atoms with Gasteiger partial charge in [0.1, 0.15) is 5.82 Å². The number of hydrogen-bond donors (Lipinski definition) is 2. The Balaban J connectivity index is 1.57. The molecule has 0 saturated carbocycles. The number of benzene rings is 3. The van der Waals surface area contributed by atoms with Gasteiger partial charge in [0.2, 0.25) is 0 Å². The molecule has 0 saturated heterocycles. The van der Waals surface area contributed by atoms with E-state index in [4.69, 9.17) is 0 Å². The van der Waals surface area contributed by atoms with Gasteiger partial charge in [-0.15, -0.1) is 11.8 Å². The predicted octanol–water partition coefficient (Wildman–Crippen LogP) is 5.20. The van der Waals surface area contributed by atoms with E-state index in [0.29, 0.717) is 5.56 Å². The van der Waals surface area contributed by atoms with E-state index in [1.165, 1.54) is 0 Å². The highest BCUT2D eigenvalue weighted by molar-refractivity contribution is 7.98. The molecule has 2 N–H and O–H groups in total. The van der Waals surface area contributed by atoms with Crippen LogP contribution < -0.4 is 5.32 Å². The van der Waals surface area contributed by atoms with E-state index < -0.39 is 0 Å². The van der Waals surface area contributed by atoms with E-state index in [1.54, 1.807) is 11.8 Å². The molecule has 0 aliphatic rings. The number of aromatic amines is 1. The van der Waals surface area contributed by atoms with Crippen LogP contribution in [0.5, 0.6) is 0 Å². The van der Waals surface area contributed by atoms with E-state index in [-0.39, 0.29) is 5.91 Å². The van der Waals surface area contributed by atoms with Crippen molar-refractivity contribution in [3.63, 3.8) is 0 Å². The molecule has 0 aliphatic heterocycles. The van der Waals surface area contributed by atoms with Crippen LogP contribution >= 0.6 is 11.8 Å². The number of carbonyl (C=O) groups excluding carboxylic acids is 1. The van der Waals surface area contributed by atoms with Crippen LogP contribution in [0.25, 0.3) is 22.4 Å². The first-order chi connectivity index (χ1) is 12.7. The van der Waals surface area contributed by atoms with Crippen LogP contribution in [0.3, 0.4) is 0 Å². The summed E-state index contributed by atoms with van der Waals surface area (Å²) in [7, 11) is 0. The van der Waals surface area contributed by atoms with E-state index in [9.17, 15) is 4.79 Å². The average Bonchev–Trinajstić information content (AvgIpc) is 3.12. The van der Waals surface area contributed by atoms with E-state index in [2.05, 4.69) is 15.3 Å². The maximum atomic E-state index is 12.5. The zero-order valence-corrected chi connectivity index (χ0v) is 15.0. The second kappa shape index (κ2) is 7.06. The summed E-state index contributed by atoms with van der Waals surface area (Å²) in [6.45, 7) is 0. The molecule has 1 amide bonds. The molecule has 5 heteroatoms. The lowest BCUT2D eigenvalue weighted by atomic mass is 10.1. The number of para-hydroxylation sites is 2. The summed E-state index contributed by atoms with van der Waals surface area (Å²) < 4.78 is 0. The van der Waals surface area contributed by atoms with E-state index >= 15 is 0 Å². The van der Waals surface area contributed by atoms with Gasteiger partial charge in [-0.25, -0.2) is 4.98 Å². The van der Waals surface area contributed by atoms with Crippen LogP contribution in [-0.4, -0.2) is 22.1 Å². The van der Waals surface area contributed by atoms with Gasteiger partial charge in [-0.1, -0.05) is 24.3 Å². The van der Waals surface area contributed by atoms with Gasteiger partial charge in [0, 0.05) is 21.7 Å². The standard InChI is InChI=1S/C21H17N3OS/c1-26-17-11-9-14(10-12-17)21(25)22-16-6-4-5-15(13-16)20-23-18-7-2-3-8-19(18)24-20/h2-13H,1H3,(H,22,25)(H,23,24). The highest BCUT2D eigenvalue weighted by Crippen LogP contribution is 2.23. The van der Waals surface area contributed by atoms with Gasteiger partial charge in [0.25, 0.3) is 5.91 Å². The molecule has 0 aliphatic carbocycles. The van der Waals surface area contributed by atoms with Crippen LogP contribution in [0.2, 0.25) is 0 Å². The monoisotopic (exact) mass is 359 g/mol. The maximum absolute atomic E-state index is 12.5. The molecule has 0 atom stereocenters. The van der Waals surface area contributed by atoms with Crippen molar-refractivity contribution in [2.24, 2.45) is 0 Å². The summed E-state index contributed by atoms with van der Waals surface area (Å²) in [5.74, 6) is 0.658. The topological polar surface area (TPSA) is 57.8 Å². The average molecular weight is 359 g/mol. The zero-order valence-electron chi connectivity index (χ0n) is 14.2. The minimum Gasteiger partial charge on any atom is -0.338 e. The Bertz CT molecular complexity index is 1040. The Morgan fingerprint density at radius 2 is 1.81 bits per heavy atom. The smallest absolute Gasteiger partial charge is 0.255 e. The van der Waals surface area contributed by atoms with Crippen molar-refractivity contribution in [2.45, 2.75) is 4.90 Å². The molecule has 0 unspecified atom stereocenters. The first-order valence-electron chi connectivity index (χ1n) is 8.23. The quantitative estimate of drug-likeness (QED) is 0.492. The Kier molecular flexibility index (Phi) is 4.46. The van der Waals surface area contributed by atoms with Crippen molar-refractivity contribution in [1.29, 1.82) is 0 Å². The van der Waals surface area contributed by atoms with Crippen LogP contribution in [0.1, 0.15) is 10.4 Å². The SMILES string of the molecule is CSc1ccc(C(=O)Nc2cccc(-c3nc4ccccc4[nH]3)c2)cc1. The summed E-state index contributed by atoms with van der Waals surface area (Å²) in [6.07, 6.45) is 2.01. The summed E-state index contributed by atoms with van der Waals surface area (Å²) in [5, 5.41) is 2.95. The van der Waals surface area contributed by atoms with E-state index in [0.717, 1.165) is 33.0 Å². The number of nitrogens with one attached hydrogen (secondary N) is 2. The number of aromatic nitrogens is 2. The molecular formula is C21H17N3OS. The number of carbonyl (C=O) groups is 1. The largest absolute Gasteiger partial charge is 0.338 e. The van der Waals surface area contributed by atoms with Gasteiger partial charge < -0.3 is 10.3 Å². The number of hydrogen-bond acceptors (Lipinski definition) is 3. The summed E-state index contributed by atoms with van der Waals surface area (Å²) in [4.78, 5) is 21.5. The van der Waals surface area contributed by atoms with Crippen LogP contribution in [0.4, 0.5) is 5.69 Å². The normalized spacial score (nSPS) is 10.8. The van der Waals surface area contributed by atoms with Crippen molar-refractivity contribution >= 4 is 34.4 Å². The first kappa shape index (κ1) is 16.4. The molecule has 0 bridgehead atoms. The fourth-order valence-corrected chi connectivity index (χ4v) is 3.19. The fourth-order valence-electron chi connectivity index (χ4n) is 2.78. The summed E-state index contributed by atoms with van der Waals surface area (Å²) in [5.41, 5.74) is 4.22. The Hall–Kier alpha value is -3.05. The van der Waals surface area contributed by atoms with Crippen LogP contribution in [0.15, 0.2) is 77.7 Å². The zero-order chi connectivity index (χ0) is 17.9. The highest BCUT2D eigenvalue weighted by Gasteiger charge is 2.09. The van der Waals surface area contributed by atoms with Crippen molar-refractivity contribution in [2.75, 3.05) is 11.6 Å². The number of amides is 1. The number of nitrogens with zero attached hydrogens (tertiary/aromatic N) is 1. The highest BCUT2D eigenvalue weighted by atomic mass is 32.2. The maximum Gasteiger partial charge on any atom is 0.255 e. The van der Waals surface area contributed by atoms with Crippen molar-refractivity contribution in [3.8, 4) is 11.4 Å². The molecule has 0 spiro atoms. The fraction of sp³-hybridized carbons (Fsp3) is 0.0476. The van der Waals surface area contributed by atoms with E-state index in [1.807, 2.05) is 79.1 Å². The lowest BCUT2D eigenvalue weighted by Gasteiger charge is -2.07. The lowest BCUT2D eigenvalue weighted by Crippen LogP contribution is -2.11. The molecule has 3 aromatic carbocycles. The number of H-pyrrole nitrogens is 1. The Morgan fingerprint density at radius 1 is 1.00 bits per heavy atom. The minimum absolute atomic E-state index is 0.126. The van der Waals surface area contributed by atoms with Gasteiger partial charge >= 0.3 is 0 Å². The Morgan fingerprint density at radius 3 is 2.58 bits per heavy atom. The summed E-state index contributed by atoms with van der Waals surface area (Å²) >= 11 is 1.65. The molecule has 4 nitrogen and oxygen atoms in total. The van der Waals surface area contributed by atoms with Crippen molar-refractivity contribution < 1.29 is 4.79 Å². The first-order valence-corrected chi connectivity index (χ1v) is 9.46. The molecule has 128 valence electrons. The van der Waals surface area contributed by atoms with Crippen LogP contribution in [-0.2, 0) is 0 Å². The number of fused-ring (bicyclic) bond motifs is 1. The minimum atomic E-state index is -0.126. The van der Waals surface area contributed by atoms with Gasteiger partial charge in [-0.05, 0) is 54.8 Å². The van der Waals surface area contributed by atoms with Crippen molar-refractivity contribution in [3.05, 3.63) is 78.4 Å². The molecule has 4 aromatic rings. The second-order valence-electron chi connectivity index (χ2n) is 5.87. The number of thioether (sulfide) groups is 1. The van der Waals surface area contributed by atoms with Crippen LogP contribution in [0, 0.1) is 0 Å². The van der Waals surface area contributed by atoms with Gasteiger partial charge in [-0.3, -0.25) is 4.79 Å². The third-order valence-electron chi connectivity index (χ3n) is 4.14. The lowest BCUT2D eigenvalue weighted by molar-refractivity contribution is 0.102. The predicted molar refractivity (Wildman–Crippen MR) is 108 cm³/mol. The van der Waals surface area contributed by atoms with Crippen molar-refractivity contribution in [1.82, 2.24) is 9.97 Å². The molecule has 0 fully saturated rings. The van der Waals surface area contributed by atoms with Gasteiger partial charge in [0.05, 0.1) is 11.0 Å². The number of anilines is 1. The molecule has 0 radical (unpaired) electrons. The second-order valence-corrected chi connectivity index (χ2v) is 6.75. The number of rotatable bonds is 4. The van der Waals surface area contributed by atoms with Gasteiger partial charge in [-0.2, -0.15) is 0 Å². The molecule has 1 aromatic heterocycles. The third-order valence-corrected chi connectivity index (χ3v) is 4.88. The molecule has 26 heavy (non-hydrogen) atoms. The third kappa shape index (κ3) is 3.34. The molecule has 1 heterocycles.